The fraction of sp³-hybridized carbons (Fsp3) is 0.200. The van der Waals surface area contributed by atoms with Crippen molar-refractivity contribution in [3.8, 4) is 0 Å². The lowest BCUT2D eigenvalue weighted by atomic mass is 10.1. The summed E-state index contributed by atoms with van der Waals surface area (Å²) in [6, 6.07) is 15.4. The Labute approximate surface area is 171 Å². The Balaban J connectivity index is 1.45. The van der Waals surface area contributed by atoms with E-state index >= 15 is 0 Å². The van der Waals surface area contributed by atoms with Gasteiger partial charge in [-0.2, -0.15) is 0 Å². The lowest BCUT2D eigenvalue weighted by Crippen LogP contribution is -2.29. The summed E-state index contributed by atoms with van der Waals surface area (Å²) in [5, 5.41) is 4.07. The lowest BCUT2D eigenvalue weighted by molar-refractivity contribution is 0.102. The van der Waals surface area contributed by atoms with Crippen molar-refractivity contribution in [1.29, 1.82) is 0 Å². The van der Waals surface area contributed by atoms with Gasteiger partial charge in [0.1, 0.15) is 0 Å². The molecule has 0 bridgehead atoms. The van der Waals surface area contributed by atoms with Crippen molar-refractivity contribution in [2.75, 3.05) is 11.9 Å². The van der Waals surface area contributed by atoms with E-state index in [0.717, 1.165) is 31.7 Å². The quantitative estimate of drug-likeness (QED) is 0.629. The molecule has 1 aliphatic rings. The topological polar surface area (TPSA) is 45.2 Å². The number of halogens is 2. The summed E-state index contributed by atoms with van der Waals surface area (Å²) in [5.41, 5.74) is 2.72. The van der Waals surface area contributed by atoms with Gasteiger partial charge in [0.05, 0.1) is 21.3 Å². The first-order chi connectivity index (χ1) is 13.1. The van der Waals surface area contributed by atoms with E-state index in [1.165, 1.54) is 21.8 Å². The molecule has 0 saturated carbocycles. The van der Waals surface area contributed by atoms with Crippen LogP contribution in [0.3, 0.4) is 0 Å². The molecule has 3 aromatic rings. The number of amides is 1. The van der Waals surface area contributed by atoms with Gasteiger partial charge in [-0.1, -0.05) is 59.6 Å². The molecule has 27 heavy (non-hydrogen) atoms. The molecule has 0 fully saturated rings. The van der Waals surface area contributed by atoms with Crippen molar-refractivity contribution in [2.45, 2.75) is 19.5 Å². The van der Waals surface area contributed by atoms with Gasteiger partial charge in [0.25, 0.3) is 5.91 Å². The fourth-order valence-corrected chi connectivity index (χ4v) is 4.55. The summed E-state index contributed by atoms with van der Waals surface area (Å²) in [6.45, 7) is 2.72. The van der Waals surface area contributed by atoms with E-state index in [1.807, 2.05) is 6.07 Å². The van der Waals surface area contributed by atoms with Crippen LogP contribution < -0.4 is 5.32 Å². The molecule has 1 N–H and O–H groups in total. The third-order valence-corrected chi connectivity index (χ3v) is 6.29. The standard InChI is InChI=1S/C20H17Cl2N3OS/c21-15-8-4-7-14(18(15)22)19(26)24-20-23-16-9-10-25(12-17(16)27-20)11-13-5-2-1-3-6-13/h1-8H,9-12H2,(H,23,24,26). The summed E-state index contributed by atoms with van der Waals surface area (Å²) in [5.74, 6) is -0.297. The normalized spacial score (nSPS) is 14.0. The van der Waals surface area contributed by atoms with Crippen LogP contribution in [0.15, 0.2) is 48.5 Å². The van der Waals surface area contributed by atoms with E-state index in [4.69, 9.17) is 23.2 Å². The summed E-state index contributed by atoms with van der Waals surface area (Å²) < 4.78 is 0. The molecule has 7 heteroatoms. The maximum Gasteiger partial charge on any atom is 0.259 e. The number of nitrogens with zero attached hydrogens (tertiary/aromatic N) is 2. The van der Waals surface area contributed by atoms with E-state index in [1.54, 1.807) is 18.2 Å². The Morgan fingerprint density at radius 2 is 1.96 bits per heavy atom. The predicted octanol–water partition coefficient (Wildman–Crippen LogP) is 5.26. The highest BCUT2D eigenvalue weighted by Crippen LogP contribution is 2.30. The Kier molecular flexibility index (Phi) is 5.45. The molecule has 0 atom stereocenters. The minimum absolute atomic E-state index is 0.257. The zero-order chi connectivity index (χ0) is 18.8. The van der Waals surface area contributed by atoms with Crippen LogP contribution in [-0.2, 0) is 19.5 Å². The molecule has 2 aromatic carbocycles. The molecule has 138 valence electrons. The van der Waals surface area contributed by atoms with E-state index < -0.39 is 0 Å². The molecular weight excluding hydrogens is 401 g/mol. The third kappa shape index (κ3) is 4.17. The van der Waals surface area contributed by atoms with E-state index in [9.17, 15) is 4.79 Å². The summed E-state index contributed by atoms with van der Waals surface area (Å²) >= 11 is 13.7. The Hall–Kier alpha value is -1.92. The van der Waals surface area contributed by atoms with Crippen LogP contribution in [0.1, 0.15) is 26.5 Å². The SMILES string of the molecule is O=C(Nc1nc2c(s1)CN(Cc1ccccc1)CC2)c1cccc(Cl)c1Cl. The van der Waals surface area contributed by atoms with Gasteiger partial charge >= 0.3 is 0 Å². The number of hydrogen-bond donors (Lipinski definition) is 1. The number of aromatic nitrogens is 1. The van der Waals surface area contributed by atoms with Gasteiger partial charge in [0, 0.05) is 30.9 Å². The van der Waals surface area contributed by atoms with Crippen molar-refractivity contribution in [3.05, 3.63) is 80.3 Å². The molecule has 0 aliphatic carbocycles. The molecule has 0 saturated heterocycles. The number of anilines is 1. The molecule has 1 aliphatic heterocycles. The minimum Gasteiger partial charge on any atom is -0.298 e. The second-order valence-electron chi connectivity index (χ2n) is 6.39. The highest BCUT2D eigenvalue weighted by molar-refractivity contribution is 7.15. The molecule has 1 aromatic heterocycles. The van der Waals surface area contributed by atoms with Gasteiger partial charge in [-0.15, -0.1) is 11.3 Å². The van der Waals surface area contributed by atoms with Crippen molar-refractivity contribution >= 4 is 45.6 Å². The largest absolute Gasteiger partial charge is 0.298 e. The number of thiazole rings is 1. The summed E-state index contributed by atoms with van der Waals surface area (Å²) in [7, 11) is 0. The number of fused-ring (bicyclic) bond motifs is 1. The predicted molar refractivity (Wildman–Crippen MR) is 111 cm³/mol. The zero-order valence-corrected chi connectivity index (χ0v) is 16.7. The second-order valence-corrected chi connectivity index (χ2v) is 8.26. The molecule has 0 radical (unpaired) electrons. The number of nitrogens with one attached hydrogen (secondary N) is 1. The van der Waals surface area contributed by atoms with Crippen molar-refractivity contribution in [3.63, 3.8) is 0 Å². The van der Waals surface area contributed by atoms with Crippen molar-refractivity contribution in [1.82, 2.24) is 9.88 Å². The molecule has 0 unspecified atom stereocenters. The van der Waals surface area contributed by atoms with Gasteiger partial charge in [-0.25, -0.2) is 4.98 Å². The summed E-state index contributed by atoms with van der Waals surface area (Å²) in [4.78, 5) is 20.7. The van der Waals surface area contributed by atoms with Crippen LogP contribution in [0.25, 0.3) is 0 Å². The number of carbonyl (C=O) groups is 1. The highest BCUT2D eigenvalue weighted by atomic mass is 35.5. The van der Waals surface area contributed by atoms with E-state index in [-0.39, 0.29) is 10.9 Å². The molecule has 2 heterocycles. The molecule has 4 rings (SSSR count). The van der Waals surface area contributed by atoms with Gasteiger partial charge in [-0.05, 0) is 17.7 Å². The average molecular weight is 418 g/mol. The zero-order valence-electron chi connectivity index (χ0n) is 14.4. The van der Waals surface area contributed by atoms with Crippen LogP contribution in [0.2, 0.25) is 10.0 Å². The van der Waals surface area contributed by atoms with Crippen LogP contribution >= 0.6 is 34.5 Å². The lowest BCUT2D eigenvalue weighted by Gasteiger charge is -2.25. The van der Waals surface area contributed by atoms with Gasteiger partial charge in [-0.3, -0.25) is 15.0 Å². The number of benzene rings is 2. The Bertz CT molecular complexity index is 975. The molecule has 1 amide bonds. The first-order valence-corrected chi connectivity index (χ1v) is 10.2. The van der Waals surface area contributed by atoms with Crippen LogP contribution in [-0.4, -0.2) is 22.3 Å². The van der Waals surface area contributed by atoms with Gasteiger partial charge in [0.2, 0.25) is 0 Å². The summed E-state index contributed by atoms with van der Waals surface area (Å²) in [6.07, 6.45) is 0.881. The molecule has 4 nitrogen and oxygen atoms in total. The maximum atomic E-state index is 12.5. The van der Waals surface area contributed by atoms with E-state index in [0.29, 0.717) is 15.7 Å². The smallest absolute Gasteiger partial charge is 0.259 e. The minimum atomic E-state index is -0.297. The first kappa shape index (κ1) is 18.4. The maximum absolute atomic E-state index is 12.5. The Morgan fingerprint density at radius 1 is 1.15 bits per heavy atom. The van der Waals surface area contributed by atoms with Crippen molar-refractivity contribution < 1.29 is 4.79 Å². The van der Waals surface area contributed by atoms with Crippen LogP contribution in [0, 0.1) is 0 Å². The first-order valence-electron chi connectivity index (χ1n) is 8.60. The fourth-order valence-electron chi connectivity index (χ4n) is 3.12. The van der Waals surface area contributed by atoms with Crippen LogP contribution in [0.4, 0.5) is 5.13 Å². The highest BCUT2D eigenvalue weighted by Gasteiger charge is 2.22. The molecule has 0 spiro atoms. The number of hydrogen-bond acceptors (Lipinski definition) is 4. The molecular formula is C20H17Cl2N3OS. The number of rotatable bonds is 4. The number of carbonyl (C=O) groups excluding carboxylic acids is 1. The van der Waals surface area contributed by atoms with Gasteiger partial charge in [0.15, 0.2) is 5.13 Å². The Morgan fingerprint density at radius 3 is 2.78 bits per heavy atom. The third-order valence-electron chi connectivity index (χ3n) is 4.48. The van der Waals surface area contributed by atoms with Crippen molar-refractivity contribution in [2.24, 2.45) is 0 Å². The van der Waals surface area contributed by atoms with Crippen LogP contribution in [0.5, 0.6) is 0 Å². The monoisotopic (exact) mass is 417 g/mol. The van der Waals surface area contributed by atoms with E-state index in [2.05, 4.69) is 39.5 Å². The average Bonchev–Trinajstić information content (AvgIpc) is 3.06. The second kappa shape index (κ2) is 7.98. The van der Waals surface area contributed by atoms with Gasteiger partial charge < -0.3 is 0 Å².